The normalized spacial score (nSPS) is 25.6. The molecule has 2 fully saturated rings. The maximum atomic E-state index is 12.6. The molecule has 0 bridgehead atoms. The number of hydrogen-bond donors (Lipinski definition) is 0. The molecule has 0 spiro atoms. The topological polar surface area (TPSA) is 32.8 Å². The van der Waals surface area contributed by atoms with E-state index in [1.54, 1.807) is 18.2 Å². The lowest BCUT2D eigenvalue weighted by atomic mass is 10.1. The van der Waals surface area contributed by atoms with Crippen LogP contribution in [0.15, 0.2) is 18.2 Å². The summed E-state index contributed by atoms with van der Waals surface area (Å²) in [6, 6.07) is 4.66. The van der Waals surface area contributed by atoms with Crippen molar-refractivity contribution < 1.29 is 22.7 Å². The monoisotopic (exact) mass is 396 g/mol. The van der Waals surface area contributed by atoms with Crippen LogP contribution < -0.4 is 0 Å². The maximum absolute atomic E-state index is 12.6. The molecule has 0 radical (unpaired) electrons. The van der Waals surface area contributed by atoms with Crippen molar-refractivity contribution in [3.8, 4) is 0 Å². The summed E-state index contributed by atoms with van der Waals surface area (Å²) in [4.78, 5) is 15.1. The van der Waals surface area contributed by atoms with Gasteiger partial charge in [-0.15, -0.1) is 0 Å². The van der Waals surface area contributed by atoms with Gasteiger partial charge in [0.05, 0.1) is 28.8 Å². The molecule has 2 unspecified atom stereocenters. The molecule has 1 amide bonds. The largest absolute Gasteiger partial charge is 0.406 e. The van der Waals surface area contributed by atoms with Gasteiger partial charge in [0.2, 0.25) is 5.91 Å². The second-order valence-electron chi connectivity index (χ2n) is 6.21. The van der Waals surface area contributed by atoms with Gasteiger partial charge in [-0.3, -0.25) is 9.69 Å². The van der Waals surface area contributed by atoms with Crippen LogP contribution in [0.3, 0.4) is 0 Å². The van der Waals surface area contributed by atoms with Crippen LogP contribution in [0, 0.1) is 0 Å². The molecule has 4 nitrogen and oxygen atoms in total. The van der Waals surface area contributed by atoms with Gasteiger partial charge < -0.3 is 9.64 Å². The van der Waals surface area contributed by atoms with Gasteiger partial charge in [0, 0.05) is 19.6 Å². The third-order valence-electron chi connectivity index (χ3n) is 4.49. The highest BCUT2D eigenvalue weighted by Crippen LogP contribution is 2.31. The van der Waals surface area contributed by atoms with Crippen molar-refractivity contribution in [2.75, 3.05) is 32.8 Å². The van der Waals surface area contributed by atoms with E-state index in [0.717, 1.165) is 10.5 Å². The third-order valence-corrected chi connectivity index (χ3v) is 5.23. The van der Waals surface area contributed by atoms with Crippen molar-refractivity contribution in [2.45, 2.75) is 24.7 Å². The van der Waals surface area contributed by atoms with Crippen molar-refractivity contribution in [3.63, 3.8) is 0 Å². The predicted octanol–water partition coefficient (Wildman–Crippen LogP) is 3.53. The summed E-state index contributed by atoms with van der Waals surface area (Å²) in [5.74, 6) is -0.466. The number of alkyl halides is 3. The zero-order valence-electron chi connectivity index (χ0n) is 13.2. The number of rotatable bonds is 3. The summed E-state index contributed by atoms with van der Waals surface area (Å²) in [6.07, 6.45) is -4.28. The Morgan fingerprint density at radius 1 is 1.20 bits per heavy atom. The first-order valence-corrected chi connectivity index (χ1v) is 8.66. The standard InChI is InChI=1S/C16H17Cl2F3N2O2/c17-11-2-1-10(7-12(11)18)14-8-22(5-6-25-14)13-3-4-23(15(13)24)9-16(19,20)21/h1-2,7,13-14H,3-6,8-9H2. The van der Waals surface area contributed by atoms with Crippen LogP contribution in [0.4, 0.5) is 13.2 Å². The zero-order valence-corrected chi connectivity index (χ0v) is 14.7. The molecule has 138 valence electrons. The number of halogens is 5. The lowest BCUT2D eigenvalue weighted by Gasteiger charge is -2.36. The average Bonchev–Trinajstić information content (AvgIpc) is 2.89. The van der Waals surface area contributed by atoms with Crippen LogP contribution in [0.2, 0.25) is 10.0 Å². The minimum atomic E-state index is -4.38. The Morgan fingerprint density at radius 2 is 1.96 bits per heavy atom. The second kappa shape index (κ2) is 7.31. The number of carbonyl (C=O) groups is 1. The molecule has 1 aromatic rings. The zero-order chi connectivity index (χ0) is 18.2. The first-order valence-electron chi connectivity index (χ1n) is 7.91. The number of hydrogen-bond acceptors (Lipinski definition) is 3. The van der Waals surface area contributed by atoms with Crippen LogP contribution >= 0.6 is 23.2 Å². The maximum Gasteiger partial charge on any atom is 0.406 e. The number of morpholine rings is 1. The summed E-state index contributed by atoms with van der Waals surface area (Å²) in [6.45, 7) is 0.261. The van der Waals surface area contributed by atoms with Crippen molar-refractivity contribution in [1.29, 1.82) is 0 Å². The van der Waals surface area contributed by atoms with E-state index in [0.29, 0.717) is 36.2 Å². The van der Waals surface area contributed by atoms with E-state index in [9.17, 15) is 18.0 Å². The van der Waals surface area contributed by atoms with Gasteiger partial charge in [-0.2, -0.15) is 13.2 Å². The number of amides is 1. The number of nitrogens with zero attached hydrogens (tertiary/aromatic N) is 2. The molecule has 0 N–H and O–H groups in total. The molecule has 2 atom stereocenters. The first kappa shape index (κ1) is 18.8. The van der Waals surface area contributed by atoms with E-state index in [1.165, 1.54) is 0 Å². The minimum Gasteiger partial charge on any atom is -0.371 e. The SMILES string of the molecule is O=C1C(N2CCOC(c3ccc(Cl)c(Cl)c3)C2)CCN1CC(F)(F)F. The summed E-state index contributed by atoms with van der Waals surface area (Å²) < 4.78 is 43.4. The van der Waals surface area contributed by atoms with E-state index in [2.05, 4.69) is 0 Å². The van der Waals surface area contributed by atoms with Gasteiger partial charge in [-0.1, -0.05) is 29.3 Å². The summed E-state index contributed by atoms with van der Waals surface area (Å²) in [5, 5.41) is 0.847. The molecule has 0 aliphatic carbocycles. The quantitative estimate of drug-likeness (QED) is 0.783. The van der Waals surface area contributed by atoms with Gasteiger partial charge in [-0.05, 0) is 24.1 Å². The third kappa shape index (κ3) is 4.39. The molecule has 2 aliphatic heterocycles. The van der Waals surface area contributed by atoms with Gasteiger partial charge in [0.1, 0.15) is 6.54 Å². The Bertz CT molecular complexity index is 657. The fourth-order valence-electron chi connectivity index (χ4n) is 3.30. The number of likely N-dealkylation sites (tertiary alicyclic amines) is 1. The van der Waals surface area contributed by atoms with Crippen molar-refractivity contribution in [3.05, 3.63) is 33.8 Å². The minimum absolute atomic E-state index is 0.123. The van der Waals surface area contributed by atoms with Crippen molar-refractivity contribution >= 4 is 29.1 Å². The van der Waals surface area contributed by atoms with Gasteiger partial charge in [0.25, 0.3) is 0 Å². The Morgan fingerprint density at radius 3 is 2.64 bits per heavy atom. The van der Waals surface area contributed by atoms with Crippen LogP contribution in [0.5, 0.6) is 0 Å². The molecule has 2 saturated heterocycles. The van der Waals surface area contributed by atoms with E-state index in [1.807, 2.05) is 4.90 Å². The summed E-state index contributed by atoms with van der Waals surface area (Å²) in [7, 11) is 0. The molecule has 3 rings (SSSR count). The van der Waals surface area contributed by atoms with E-state index in [4.69, 9.17) is 27.9 Å². The Labute approximate surface area is 153 Å². The highest BCUT2D eigenvalue weighted by molar-refractivity contribution is 6.42. The van der Waals surface area contributed by atoms with Crippen LogP contribution in [0.1, 0.15) is 18.1 Å². The second-order valence-corrected chi connectivity index (χ2v) is 7.02. The Hall–Kier alpha value is -1.02. The highest BCUT2D eigenvalue weighted by Gasteiger charge is 2.42. The molecular weight excluding hydrogens is 380 g/mol. The fourth-order valence-corrected chi connectivity index (χ4v) is 3.61. The average molecular weight is 397 g/mol. The van der Waals surface area contributed by atoms with Gasteiger partial charge >= 0.3 is 6.18 Å². The van der Waals surface area contributed by atoms with Crippen LogP contribution in [-0.2, 0) is 9.53 Å². The van der Waals surface area contributed by atoms with E-state index < -0.39 is 24.7 Å². The fraction of sp³-hybridized carbons (Fsp3) is 0.562. The molecule has 25 heavy (non-hydrogen) atoms. The molecule has 0 aromatic heterocycles. The van der Waals surface area contributed by atoms with Gasteiger partial charge in [-0.25, -0.2) is 0 Å². The first-order chi connectivity index (χ1) is 11.7. The predicted molar refractivity (Wildman–Crippen MR) is 87.8 cm³/mol. The summed E-state index contributed by atoms with van der Waals surface area (Å²) in [5.41, 5.74) is 0.830. The number of carbonyl (C=O) groups excluding carboxylic acids is 1. The number of benzene rings is 1. The molecule has 2 heterocycles. The Balaban J connectivity index is 1.67. The summed E-state index contributed by atoms with van der Waals surface area (Å²) >= 11 is 11.9. The van der Waals surface area contributed by atoms with E-state index >= 15 is 0 Å². The smallest absolute Gasteiger partial charge is 0.371 e. The molecular formula is C16H17Cl2F3N2O2. The van der Waals surface area contributed by atoms with Crippen LogP contribution in [-0.4, -0.2) is 60.7 Å². The van der Waals surface area contributed by atoms with Crippen molar-refractivity contribution in [1.82, 2.24) is 9.80 Å². The van der Waals surface area contributed by atoms with Crippen LogP contribution in [0.25, 0.3) is 0 Å². The van der Waals surface area contributed by atoms with E-state index in [-0.39, 0.29) is 12.6 Å². The molecule has 0 saturated carbocycles. The lowest BCUT2D eigenvalue weighted by molar-refractivity contribution is -0.160. The van der Waals surface area contributed by atoms with Gasteiger partial charge in [0.15, 0.2) is 0 Å². The molecule has 1 aromatic carbocycles. The highest BCUT2D eigenvalue weighted by atomic mass is 35.5. The number of ether oxygens (including phenoxy) is 1. The molecule has 9 heteroatoms. The Kier molecular flexibility index (Phi) is 5.48. The van der Waals surface area contributed by atoms with Crippen molar-refractivity contribution in [2.24, 2.45) is 0 Å². The lowest BCUT2D eigenvalue weighted by Crippen LogP contribution is -2.49. The molecule has 2 aliphatic rings.